The van der Waals surface area contributed by atoms with Gasteiger partial charge in [-0.25, -0.2) is 22.7 Å². The van der Waals surface area contributed by atoms with Crippen LogP contribution in [-0.4, -0.2) is 41.6 Å². The number of nitrogens with one attached hydrogen (secondary N) is 1. The molecule has 3 aromatic rings. The molecule has 1 unspecified atom stereocenters. The van der Waals surface area contributed by atoms with Crippen molar-refractivity contribution in [3.63, 3.8) is 0 Å². The molecule has 12 heteroatoms. The highest BCUT2D eigenvalue weighted by atomic mass is 32.2. The summed E-state index contributed by atoms with van der Waals surface area (Å²) in [6, 6.07) is 14.6. The van der Waals surface area contributed by atoms with E-state index >= 15 is 0 Å². The summed E-state index contributed by atoms with van der Waals surface area (Å²) in [5, 5.41) is 17.2. The van der Waals surface area contributed by atoms with Crippen molar-refractivity contribution in [2.75, 3.05) is 6.26 Å². The van der Waals surface area contributed by atoms with E-state index in [-0.39, 0.29) is 17.7 Å². The number of carboxylic acids is 1. The summed E-state index contributed by atoms with van der Waals surface area (Å²) in [4.78, 5) is 25.3. The van der Waals surface area contributed by atoms with E-state index in [1.54, 1.807) is 30.3 Å². The number of rotatable bonds is 10. The maximum atomic E-state index is 12.9. The van der Waals surface area contributed by atoms with Crippen molar-refractivity contribution in [1.82, 2.24) is 15.1 Å². The van der Waals surface area contributed by atoms with Crippen molar-refractivity contribution in [2.45, 2.75) is 32.0 Å². The number of hydrogen-bond acceptors (Lipinski definition) is 6. The van der Waals surface area contributed by atoms with Crippen LogP contribution in [0.3, 0.4) is 0 Å². The Kier molecular flexibility index (Phi) is 8.43. The number of carbonyl (C=O) groups excluding carboxylic acids is 1. The molecule has 9 nitrogen and oxygen atoms in total. The second kappa shape index (κ2) is 11.3. The first kappa shape index (κ1) is 27.5. The number of carbonyl (C=O) groups is 2. The summed E-state index contributed by atoms with van der Waals surface area (Å²) in [5.74, 6) is -1.45. The molecule has 1 aromatic heterocycles. The predicted octanol–water partition coefficient (Wildman–Crippen LogP) is 4.49. The van der Waals surface area contributed by atoms with E-state index in [2.05, 4.69) is 10.4 Å². The predicted molar refractivity (Wildman–Crippen MR) is 131 cm³/mol. The van der Waals surface area contributed by atoms with Gasteiger partial charge >= 0.3 is 18.6 Å². The lowest BCUT2D eigenvalue weighted by Crippen LogP contribution is -2.52. The van der Waals surface area contributed by atoms with Crippen molar-refractivity contribution < 1.29 is 36.6 Å². The highest BCUT2D eigenvalue weighted by Gasteiger charge is 2.43. The average molecular weight is 534 g/mol. The molecular weight excluding hydrogens is 508 g/mol. The van der Waals surface area contributed by atoms with Crippen LogP contribution in [0.4, 0.5) is 13.6 Å². The maximum Gasteiger partial charge on any atom is 0.408 e. The lowest BCUT2D eigenvalue weighted by molar-refractivity contribution is -0.145. The highest BCUT2D eigenvalue weighted by Crippen LogP contribution is 2.32. The number of halogens is 2. The number of sulfone groups is 1. The van der Waals surface area contributed by atoms with Gasteiger partial charge in [-0.1, -0.05) is 60.2 Å². The van der Waals surface area contributed by atoms with Gasteiger partial charge in [-0.3, -0.25) is 0 Å². The van der Waals surface area contributed by atoms with Crippen LogP contribution in [0.25, 0.3) is 11.1 Å². The number of benzene rings is 2. The molecule has 196 valence electrons. The van der Waals surface area contributed by atoms with E-state index in [0.29, 0.717) is 21.4 Å². The number of alkyl halides is 2. The Morgan fingerprint density at radius 3 is 2.32 bits per heavy atom. The third-order valence-corrected chi connectivity index (χ3v) is 6.20. The van der Waals surface area contributed by atoms with Crippen LogP contribution in [0, 0.1) is 0 Å². The molecule has 0 spiro atoms. The zero-order valence-corrected chi connectivity index (χ0v) is 20.8. The number of aromatic nitrogens is 2. The normalized spacial score (nSPS) is 13.7. The Hall–Kier alpha value is -4.06. The van der Waals surface area contributed by atoms with E-state index in [4.69, 9.17) is 4.74 Å². The SMILES string of the molecule is CC(=CS(C)(=O)=O)CC(NC(=O)OCc1ccccc1)(C(=O)O)c1ccc(-c2cnn(C(F)F)c2)cc1. The smallest absolute Gasteiger partial charge is 0.408 e. The van der Waals surface area contributed by atoms with Crippen LogP contribution < -0.4 is 5.32 Å². The number of aliphatic carboxylic acids is 1. The third-order valence-electron chi connectivity index (χ3n) is 5.37. The molecule has 1 atom stereocenters. The second-order valence-corrected chi connectivity index (χ2v) is 10.3. The second-order valence-electron chi connectivity index (χ2n) is 8.43. The van der Waals surface area contributed by atoms with Gasteiger partial charge in [0.25, 0.3) is 0 Å². The van der Waals surface area contributed by atoms with E-state index in [1.807, 2.05) is 0 Å². The van der Waals surface area contributed by atoms with Gasteiger partial charge in [0.1, 0.15) is 6.61 Å². The van der Waals surface area contributed by atoms with Gasteiger partial charge in [0.2, 0.25) is 0 Å². The Labute approximate surface area is 212 Å². The molecule has 0 aliphatic carbocycles. The first-order valence-electron chi connectivity index (χ1n) is 10.9. The molecule has 2 aromatic carbocycles. The highest BCUT2D eigenvalue weighted by molar-refractivity contribution is 7.93. The van der Waals surface area contributed by atoms with Crippen LogP contribution >= 0.6 is 0 Å². The van der Waals surface area contributed by atoms with Gasteiger partial charge in [-0.2, -0.15) is 13.9 Å². The number of ether oxygens (including phenoxy) is 1. The molecule has 1 amide bonds. The number of hydrogen-bond donors (Lipinski definition) is 2. The minimum absolute atomic E-state index is 0.114. The summed E-state index contributed by atoms with van der Waals surface area (Å²) in [6.07, 6.45) is 1.93. The number of nitrogens with zero attached hydrogens (tertiary/aromatic N) is 2. The third kappa shape index (κ3) is 7.23. The molecule has 37 heavy (non-hydrogen) atoms. The fraction of sp³-hybridized carbons (Fsp3) is 0.240. The summed E-state index contributed by atoms with van der Waals surface area (Å²) < 4.78 is 55.0. The topological polar surface area (TPSA) is 128 Å². The first-order valence-corrected chi connectivity index (χ1v) is 12.9. The van der Waals surface area contributed by atoms with E-state index in [1.165, 1.54) is 37.4 Å². The Morgan fingerprint density at radius 2 is 1.78 bits per heavy atom. The van der Waals surface area contributed by atoms with Crippen LogP contribution in [0.2, 0.25) is 0 Å². The van der Waals surface area contributed by atoms with E-state index < -0.39 is 40.4 Å². The summed E-state index contributed by atoms with van der Waals surface area (Å²) in [6.45, 7) is -1.50. The Morgan fingerprint density at radius 1 is 1.14 bits per heavy atom. The lowest BCUT2D eigenvalue weighted by atomic mass is 9.83. The van der Waals surface area contributed by atoms with Crippen LogP contribution in [-0.2, 0) is 31.5 Å². The zero-order chi connectivity index (χ0) is 27.2. The van der Waals surface area contributed by atoms with E-state index in [9.17, 15) is 31.9 Å². The van der Waals surface area contributed by atoms with Crippen LogP contribution in [0.15, 0.2) is 78.0 Å². The van der Waals surface area contributed by atoms with Gasteiger partial charge in [-0.15, -0.1) is 0 Å². The zero-order valence-electron chi connectivity index (χ0n) is 20.0. The standard InChI is InChI=1S/C25H25F2N3O6S/c1-17(16-37(2,34)35)12-25(22(31)32,29-24(33)36-15-18-6-4-3-5-7-18)21-10-8-19(9-11-21)20-13-28-30(14-20)23(26)27/h3-11,13-14,16,23H,12,15H2,1-2H3,(H,29,33)(H,31,32). The van der Waals surface area contributed by atoms with Crippen molar-refractivity contribution >= 4 is 21.9 Å². The molecule has 0 radical (unpaired) electrons. The quantitative estimate of drug-likeness (QED) is 0.393. The molecule has 0 fully saturated rings. The minimum Gasteiger partial charge on any atom is -0.479 e. The van der Waals surface area contributed by atoms with Crippen molar-refractivity contribution in [3.8, 4) is 11.1 Å². The molecule has 0 saturated carbocycles. The summed E-state index contributed by atoms with van der Waals surface area (Å²) in [5.41, 5.74) is -0.273. The summed E-state index contributed by atoms with van der Waals surface area (Å²) in [7, 11) is -3.60. The maximum absolute atomic E-state index is 12.9. The molecule has 0 aliphatic heterocycles. The first-order chi connectivity index (χ1) is 17.4. The molecule has 0 bridgehead atoms. The molecule has 0 saturated heterocycles. The van der Waals surface area contributed by atoms with Gasteiger partial charge in [0.15, 0.2) is 15.4 Å². The number of carboxylic acid groups (broad SMARTS) is 1. The fourth-order valence-electron chi connectivity index (χ4n) is 3.77. The monoisotopic (exact) mass is 533 g/mol. The van der Waals surface area contributed by atoms with Crippen molar-refractivity contribution in [3.05, 3.63) is 89.1 Å². The Balaban J connectivity index is 1.96. The fourth-order valence-corrected chi connectivity index (χ4v) is 4.59. The lowest BCUT2D eigenvalue weighted by Gasteiger charge is -2.31. The van der Waals surface area contributed by atoms with Gasteiger partial charge in [0.05, 0.1) is 6.20 Å². The van der Waals surface area contributed by atoms with Gasteiger partial charge in [-0.05, 0) is 23.6 Å². The minimum atomic E-state index is -3.60. The molecule has 2 N–H and O–H groups in total. The van der Waals surface area contributed by atoms with Crippen molar-refractivity contribution in [2.24, 2.45) is 0 Å². The molecule has 3 rings (SSSR count). The molecule has 1 heterocycles. The van der Waals surface area contributed by atoms with Crippen molar-refractivity contribution in [1.29, 1.82) is 0 Å². The number of amides is 1. The molecular formula is C25H25F2N3O6S. The van der Waals surface area contributed by atoms with Gasteiger partial charge in [0, 0.05) is 29.8 Å². The van der Waals surface area contributed by atoms with Crippen LogP contribution in [0.1, 0.15) is 31.0 Å². The molecule has 0 aliphatic rings. The Bertz CT molecular complexity index is 1390. The number of alkyl carbamates (subject to hydrolysis) is 1. The average Bonchev–Trinajstić information content (AvgIpc) is 3.32. The van der Waals surface area contributed by atoms with Crippen LogP contribution in [0.5, 0.6) is 0 Å². The largest absolute Gasteiger partial charge is 0.479 e. The summed E-state index contributed by atoms with van der Waals surface area (Å²) >= 11 is 0. The van der Waals surface area contributed by atoms with Gasteiger partial charge < -0.3 is 15.2 Å². The van der Waals surface area contributed by atoms with E-state index in [0.717, 1.165) is 17.9 Å².